The van der Waals surface area contributed by atoms with Crippen LogP contribution in [0, 0.1) is 5.82 Å². The van der Waals surface area contributed by atoms with Crippen LogP contribution in [0.1, 0.15) is 5.89 Å². The summed E-state index contributed by atoms with van der Waals surface area (Å²) in [6.45, 7) is 1.24. The summed E-state index contributed by atoms with van der Waals surface area (Å²) in [5.41, 5.74) is 0.625. The Kier molecular flexibility index (Phi) is 5.23. The molecule has 1 aromatic carbocycles. The van der Waals surface area contributed by atoms with E-state index in [2.05, 4.69) is 4.98 Å². The van der Waals surface area contributed by atoms with Crippen molar-refractivity contribution >= 4 is 0 Å². The van der Waals surface area contributed by atoms with Gasteiger partial charge in [0.25, 0.3) is 0 Å². The molecule has 1 heterocycles. The summed E-state index contributed by atoms with van der Waals surface area (Å²) < 4.78 is 18.7. The summed E-state index contributed by atoms with van der Waals surface area (Å²) in [5.74, 6) is 0.626. The highest BCUT2D eigenvalue weighted by Crippen LogP contribution is 2.21. The first-order chi connectivity index (χ1) is 9.72. The van der Waals surface area contributed by atoms with E-state index in [0.717, 1.165) is 0 Å². The van der Waals surface area contributed by atoms with Gasteiger partial charge < -0.3 is 14.6 Å². The Morgan fingerprint density at radius 3 is 2.60 bits per heavy atom. The third kappa shape index (κ3) is 3.86. The minimum Gasteiger partial charge on any atom is -0.439 e. The van der Waals surface area contributed by atoms with E-state index in [9.17, 15) is 4.39 Å². The predicted molar refractivity (Wildman–Crippen MR) is 71.3 cm³/mol. The monoisotopic (exact) mass is 280 g/mol. The van der Waals surface area contributed by atoms with E-state index in [1.54, 1.807) is 18.3 Å². The van der Waals surface area contributed by atoms with Crippen LogP contribution < -0.4 is 0 Å². The average Bonchev–Trinajstić information content (AvgIpc) is 2.88. The van der Waals surface area contributed by atoms with Crippen LogP contribution in [0.5, 0.6) is 0 Å². The van der Waals surface area contributed by atoms with Crippen molar-refractivity contribution in [1.29, 1.82) is 0 Å². The van der Waals surface area contributed by atoms with Crippen molar-refractivity contribution in [2.75, 3.05) is 26.3 Å². The molecule has 0 spiro atoms. The normalized spacial score (nSPS) is 11.2. The van der Waals surface area contributed by atoms with Gasteiger partial charge in [-0.15, -0.1) is 0 Å². The highest BCUT2D eigenvalue weighted by Gasteiger charge is 2.11. The molecule has 2 aromatic rings. The molecule has 0 aliphatic carbocycles. The third-order valence-electron chi connectivity index (χ3n) is 2.85. The van der Waals surface area contributed by atoms with Gasteiger partial charge in [0.15, 0.2) is 5.76 Å². The summed E-state index contributed by atoms with van der Waals surface area (Å²) in [7, 11) is 0. The van der Waals surface area contributed by atoms with Crippen molar-refractivity contribution in [1.82, 2.24) is 9.88 Å². The van der Waals surface area contributed by atoms with Gasteiger partial charge >= 0.3 is 0 Å². The topological polar surface area (TPSA) is 69.7 Å². The lowest BCUT2D eigenvalue weighted by Crippen LogP contribution is -2.29. The average molecular weight is 280 g/mol. The van der Waals surface area contributed by atoms with Crippen molar-refractivity contribution in [2.24, 2.45) is 0 Å². The van der Waals surface area contributed by atoms with E-state index in [-0.39, 0.29) is 19.0 Å². The van der Waals surface area contributed by atoms with Gasteiger partial charge in [-0.3, -0.25) is 4.90 Å². The van der Waals surface area contributed by atoms with Crippen LogP contribution in [-0.4, -0.2) is 46.4 Å². The number of nitrogens with zero attached hydrogens (tertiary/aromatic N) is 2. The molecule has 0 aliphatic rings. The molecule has 0 radical (unpaired) electrons. The Morgan fingerprint density at radius 2 is 1.95 bits per heavy atom. The molecule has 0 bridgehead atoms. The Balaban J connectivity index is 2.08. The standard InChI is InChI=1S/C14H17FN2O3/c15-12-3-1-2-11(8-12)13-9-16-14(20-13)10-17(4-6-18)5-7-19/h1-3,8-9,18-19H,4-7,10H2. The van der Waals surface area contributed by atoms with Gasteiger partial charge in [0, 0.05) is 18.7 Å². The van der Waals surface area contributed by atoms with E-state index in [1.807, 2.05) is 4.90 Å². The highest BCUT2D eigenvalue weighted by molar-refractivity contribution is 5.56. The molecule has 2 N–H and O–H groups in total. The quantitative estimate of drug-likeness (QED) is 0.799. The molecular formula is C14H17FN2O3. The Hall–Kier alpha value is -1.76. The van der Waals surface area contributed by atoms with Crippen molar-refractivity contribution < 1.29 is 19.0 Å². The van der Waals surface area contributed by atoms with Crippen LogP contribution in [0.15, 0.2) is 34.9 Å². The molecule has 0 aliphatic heterocycles. The van der Waals surface area contributed by atoms with Crippen molar-refractivity contribution in [2.45, 2.75) is 6.54 Å². The molecule has 0 saturated carbocycles. The van der Waals surface area contributed by atoms with E-state index < -0.39 is 0 Å². The summed E-state index contributed by atoms with van der Waals surface area (Å²) in [6.07, 6.45) is 1.54. The smallest absolute Gasteiger partial charge is 0.209 e. The molecule has 2 rings (SSSR count). The van der Waals surface area contributed by atoms with Gasteiger partial charge in [-0.1, -0.05) is 12.1 Å². The van der Waals surface area contributed by atoms with Gasteiger partial charge in [0.2, 0.25) is 5.89 Å². The van der Waals surface area contributed by atoms with Crippen molar-refractivity contribution in [3.05, 3.63) is 42.2 Å². The Bertz CT molecular complexity index is 539. The number of oxazole rings is 1. The van der Waals surface area contributed by atoms with E-state index in [4.69, 9.17) is 14.6 Å². The molecule has 1 aromatic heterocycles. The summed E-state index contributed by atoms with van der Waals surface area (Å²) in [4.78, 5) is 5.95. The van der Waals surface area contributed by atoms with Gasteiger partial charge in [-0.05, 0) is 12.1 Å². The summed E-state index contributed by atoms with van der Waals surface area (Å²) >= 11 is 0. The highest BCUT2D eigenvalue weighted by atomic mass is 19.1. The Morgan fingerprint density at radius 1 is 1.20 bits per heavy atom. The van der Waals surface area contributed by atoms with Crippen LogP contribution in [0.2, 0.25) is 0 Å². The van der Waals surface area contributed by atoms with Crippen LogP contribution in [0.25, 0.3) is 11.3 Å². The predicted octanol–water partition coefficient (Wildman–Crippen LogP) is 1.27. The lowest BCUT2D eigenvalue weighted by Gasteiger charge is -2.17. The van der Waals surface area contributed by atoms with E-state index >= 15 is 0 Å². The lowest BCUT2D eigenvalue weighted by molar-refractivity contribution is 0.147. The lowest BCUT2D eigenvalue weighted by atomic mass is 10.2. The molecule has 5 nitrogen and oxygen atoms in total. The van der Waals surface area contributed by atoms with E-state index in [0.29, 0.717) is 36.8 Å². The number of hydrogen-bond donors (Lipinski definition) is 2. The maximum absolute atomic E-state index is 13.1. The number of benzene rings is 1. The van der Waals surface area contributed by atoms with Gasteiger partial charge in [0.1, 0.15) is 5.82 Å². The third-order valence-corrected chi connectivity index (χ3v) is 2.85. The molecule has 0 atom stereocenters. The van der Waals surface area contributed by atoms with Gasteiger partial charge in [-0.25, -0.2) is 9.37 Å². The van der Waals surface area contributed by atoms with Crippen LogP contribution in [0.3, 0.4) is 0 Å². The summed E-state index contributed by atoms with van der Waals surface area (Å²) in [5, 5.41) is 17.9. The van der Waals surface area contributed by atoms with Gasteiger partial charge in [0.05, 0.1) is 26.0 Å². The SMILES string of the molecule is OCCN(CCO)Cc1ncc(-c2cccc(F)c2)o1. The molecule has 20 heavy (non-hydrogen) atoms. The first-order valence-corrected chi connectivity index (χ1v) is 6.37. The second kappa shape index (κ2) is 7.14. The zero-order valence-electron chi connectivity index (χ0n) is 11.0. The number of hydrogen-bond acceptors (Lipinski definition) is 5. The van der Waals surface area contributed by atoms with Crippen molar-refractivity contribution in [3.63, 3.8) is 0 Å². The van der Waals surface area contributed by atoms with E-state index in [1.165, 1.54) is 12.1 Å². The first-order valence-electron chi connectivity index (χ1n) is 6.37. The molecule has 0 amide bonds. The van der Waals surface area contributed by atoms with Gasteiger partial charge in [-0.2, -0.15) is 0 Å². The second-order valence-electron chi connectivity index (χ2n) is 4.35. The van der Waals surface area contributed by atoms with Crippen LogP contribution in [0.4, 0.5) is 4.39 Å². The van der Waals surface area contributed by atoms with Crippen LogP contribution >= 0.6 is 0 Å². The minimum atomic E-state index is -0.331. The number of halogens is 1. The van der Waals surface area contributed by atoms with Crippen LogP contribution in [-0.2, 0) is 6.54 Å². The largest absolute Gasteiger partial charge is 0.439 e. The Labute approximate surface area is 116 Å². The first kappa shape index (κ1) is 14.6. The number of aliphatic hydroxyl groups excluding tert-OH is 2. The number of rotatable bonds is 7. The molecule has 0 unspecified atom stereocenters. The number of aliphatic hydroxyl groups is 2. The molecular weight excluding hydrogens is 263 g/mol. The molecule has 108 valence electrons. The number of aromatic nitrogens is 1. The minimum absolute atomic E-state index is 0.00252. The fraction of sp³-hybridized carbons (Fsp3) is 0.357. The van der Waals surface area contributed by atoms with Crippen molar-refractivity contribution in [3.8, 4) is 11.3 Å². The molecule has 0 saturated heterocycles. The fourth-order valence-electron chi connectivity index (χ4n) is 1.90. The fourth-order valence-corrected chi connectivity index (χ4v) is 1.90. The maximum atomic E-state index is 13.1. The molecule has 0 fully saturated rings. The molecule has 6 heteroatoms. The maximum Gasteiger partial charge on any atom is 0.209 e. The zero-order chi connectivity index (χ0) is 14.4. The summed E-state index contributed by atoms with van der Waals surface area (Å²) in [6, 6.07) is 6.10. The zero-order valence-corrected chi connectivity index (χ0v) is 11.0. The second-order valence-corrected chi connectivity index (χ2v) is 4.35.